The lowest BCUT2D eigenvalue weighted by Gasteiger charge is -2.23. The predicted molar refractivity (Wildman–Crippen MR) is 75.6 cm³/mol. The van der Waals surface area contributed by atoms with Gasteiger partial charge in [0.2, 0.25) is 17.7 Å². The molecule has 0 aromatic heterocycles. The van der Waals surface area contributed by atoms with Gasteiger partial charge in [0.25, 0.3) is 0 Å². The molecule has 2 N–H and O–H groups in total. The van der Waals surface area contributed by atoms with Crippen molar-refractivity contribution in [3.63, 3.8) is 0 Å². The molecule has 3 amide bonds. The summed E-state index contributed by atoms with van der Waals surface area (Å²) < 4.78 is 0. The molecule has 0 aromatic carbocycles. The summed E-state index contributed by atoms with van der Waals surface area (Å²) in [4.78, 5) is 37.5. The lowest BCUT2D eigenvalue weighted by atomic mass is 9.97. The number of carbonyl (C=O) groups excluding carboxylic acids is 3. The summed E-state index contributed by atoms with van der Waals surface area (Å²) in [5.74, 6) is -0.355. The van der Waals surface area contributed by atoms with E-state index in [9.17, 15) is 14.4 Å². The van der Waals surface area contributed by atoms with Crippen molar-refractivity contribution in [2.75, 3.05) is 26.7 Å². The average Bonchev–Trinajstić information content (AvgIpc) is 2.62. The molecule has 0 bridgehead atoms. The average molecular weight is 281 g/mol. The number of primary amides is 1. The molecule has 0 radical (unpaired) electrons. The van der Waals surface area contributed by atoms with Crippen LogP contribution >= 0.6 is 0 Å². The topological polar surface area (TPSA) is 83.7 Å². The molecule has 6 nitrogen and oxygen atoms in total. The summed E-state index contributed by atoms with van der Waals surface area (Å²) in [6, 6.07) is 0. The zero-order valence-corrected chi connectivity index (χ0v) is 12.0. The number of likely N-dealkylation sites (N-methyl/N-ethyl adjacent to an activating group) is 1. The second-order valence-electron chi connectivity index (χ2n) is 5.25. The van der Waals surface area contributed by atoms with E-state index >= 15 is 0 Å². The number of hydrogen-bond acceptors (Lipinski definition) is 3. The number of likely N-dealkylation sites (tertiary alicyclic amines) is 1. The van der Waals surface area contributed by atoms with Gasteiger partial charge < -0.3 is 15.5 Å². The second kappa shape index (κ2) is 7.67. The van der Waals surface area contributed by atoms with E-state index in [1.807, 2.05) is 0 Å². The molecule has 20 heavy (non-hydrogen) atoms. The zero-order valence-electron chi connectivity index (χ0n) is 12.0. The van der Waals surface area contributed by atoms with Crippen LogP contribution in [0.2, 0.25) is 0 Å². The minimum Gasteiger partial charge on any atom is -0.370 e. The normalized spacial score (nSPS) is 19.1. The Morgan fingerprint density at radius 3 is 2.65 bits per heavy atom. The zero-order chi connectivity index (χ0) is 15.1. The highest BCUT2D eigenvalue weighted by Gasteiger charge is 2.22. The molecule has 1 heterocycles. The van der Waals surface area contributed by atoms with Gasteiger partial charge in [-0.25, -0.2) is 0 Å². The fourth-order valence-corrected chi connectivity index (χ4v) is 2.44. The summed E-state index contributed by atoms with van der Waals surface area (Å²) in [7, 11) is 1.58. The van der Waals surface area contributed by atoms with Crippen LogP contribution in [0.25, 0.3) is 0 Å². The van der Waals surface area contributed by atoms with Crippen LogP contribution in [0.15, 0.2) is 12.7 Å². The third-order valence-corrected chi connectivity index (χ3v) is 3.61. The van der Waals surface area contributed by atoms with E-state index in [4.69, 9.17) is 5.73 Å². The molecule has 0 saturated carbocycles. The van der Waals surface area contributed by atoms with Gasteiger partial charge in [0, 0.05) is 26.6 Å². The Kier molecular flexibility index (Phi) is 6.21. The molecule has 1 atom stereocenters. The van der Waals surface area contributed by atoms with Crippen molar-refractivity contribution in [3.8, 4) is 0 Å². The van der Waals surface area contributed by atoms with Crippen LogP contribution < -0.4 is 5.73 Å². The van der Waals surface area contributed by atoms with Gasteiger partial charge in [-0.2, -0.15) is 0 Å². The number of carbonyl (C=O) groups is 3. The Morgan fingerprint density at radius 1 is 1.35 bits per heavy atom. The Balaban J connectivity index is 2.47. The molecule has 0 spiro atoms. The molecule has 1 saturated heterocycles. The first-order valence-corrected chi connectivity index (χ1v) is 6.87. The highest BCUT2D eigenvalue weighted by atomic mass is 16.2. The maximum atomic E-state index is 12.1. The molecule has 0 aromatic rings. The Labute approximate surface area is 119 Å². The molecule has 0 aliphatic carbocycles. The molecule has 6 heteroatoms. The van der Waals surface area contributed by atoms with Gasteiger partial charge in [-0.15, -0.1) is 0 Å². The van der Waals surface area contributed by atoms with E-state index in [-0.39, 0.29) is 30.2 Å². The molecule has 112 valence electrons. The monoisotopic (exact) mass is 281 g/mol. The second-order valence-corrected chi connectivity index (χ2v) is 5.25. The minimum atomic E-state index is -0.286. The van der Waals surface area contributed by atoms with Gasteiger partial charge in [-0.1, -0.05) is 6.58 Å². The molecule has 1 unspecified atom stereocenters. The maximum absolute atomic E-state index is 12.1. The predicted octanol–water partition coefficient (Wildman–Crippen LogP) is 0.135. The molecular formula is C14H23N3O3. The van der Waals surface area contributed by atoms with Gasteiger partial charge in [0.1, 0.15) is 0 Å². The van der Waals surface area contributed by atoms with Gasteiger partial charge in [-0.3, -0.25) is 14.4 Å². The number of rotatable bonds is 5. The van der Waals surface area contributed by atoms with E-state index in [2.05, 4.69) is 6.58 Å². The van der Waals surface area contributed by atoms with Crippen molar-refractivity contribution in [1.82, 2.24) is 9.80 Å². The van der Waals surface area contributed by atoms with Gasteiger partial charge in [0.15, 0.2) is 0 Å². The molecule has 1 aliphatic rings. The molecular weight excluding hydrogens is 258 g/mol. The molecule has 1 fully saturated rings. The fourth-order valence-electron chi connectivity index (χ4n) is 2.44. The number of amides is 3. The SMILES string of the molecule is C=CC(=O)N(C)CC(=O)N1CCCC(CC(N)=O)CC1. The third kappa shape index (κ3) is 5.03. The quantitative estimate of drug-likeness (QED) is 0.727. The lowest BCUT2D eigenvalue weighted by molar-refractivity contribution is -0.137. The first-order valence-electron chi connectivity index (χ1n) is 6.87. The number of nitrogens with two attached hydrogens (primary N) is 1. The highest BCUT2D eigenvalue weighted by Crippen LogP contribution is 2.20. The van der Waals surface area contributed by atoms with Crippen LogP contribution in [-0.4, -0.2) is 54.2 Å². The van der Waals surface area contributed by atoms with E-state index in [0.717, 1.165) is 19.3 Å². The fraction of sp³-hybridized carbons (Fsp3) is 0.643. The van der Waals surface area contributed by atoms with Gasteiger partial charge in [0.05, 0.1) is 6.54 Å². The van der Waals surface area contributed by atoms with E-state index in [1.54, 1.807) is 11.9 Å². The summed E-state index contributed by atoms with van der Waals surface area (Å²) >= 11 is 0. The Bertz CT molecular complexity index is 395. The van der Waals surface area contributed by atoms with E-state index < -0.39 is 0 Å². The van der Waals surface area contributed by atoms with Crippen LogP contribution in [0.5, 0.6) is 0 Å². The van der Waals surface area contributed by atoms with Gasteiger partial charge >= 0.3 is 0 Å². The minimum absolute atomic E-state index is 0.0609. The smallest absolute Gasteiger partial charge is 0.246 e. The number of hydrogen-bond donors (Lipinski definition) is 1. The Hall–Kier alpha value is -1.85. The first-order chi connectivity index (χ1) is 9.43. The van der Waals surface area contributed by atoms with Crippen LogP contribution in [0, 0.1) is 5.92 Å². The van der Waals surface area contributed by atoms with E-state index in [0.29, 0.717) is 19.5 Å². The lowest BCUT2D eigenvalue weighted by Crippen LogP contribution is -2.41. The maximum Gasteiger partial charge on any atom is 0.246 e. The largest absolute Gasteiger partial charge is 0.370 e. The van der Waals surface area contributed by atoms with Crippen LogP contribution in [0.3, 0.4) is 0 Å². The van der Waals surface area contributed by atoms with Crippen LogP contribution in [0.1, 0.15) is 25.7 Å². The first kappa shape index (κ1) is 16.2. The summed E-state index contributed by atoms with van der Waals surface area (Å²) in [5, 5.41) is 0. The van der Waals surface area contributed by atoms with Crippen molar-refractivity contribution >= 4 is 17.7 Å². The van der Waals surface area contributed by atoms with E-state index in [1.165, 1.54) is 11.0 Å². The third-order valence-electron chi connectivity index (χ3n) is 3.61. The number of nitrogens with zero attached hydrogens (tertiary/aromatic N) is 2. The summed E-state index contributed by atoms with van der Waals surface area (Å²) in [6.07, 6.45) is 4.14. The van der Waals surface area contributed by atoms with Crippen molar-refractivity contribution in [2.45, 2.75) is 25.7 Å². The molecule has 1 aliphatic heterocycles. The van der Waals surface area contributed by atoms with Crippen molar-refractivity contribution in [1.29, 1.82) is 0 Å². The van der Waals surface area contributed by atoms with Crippen molar-refractivity contribution in [2.24, 2.45) is 11.7 Å². The standard InChI is InChI=1S/C14H23N3O3/c1-3-13(19)16(2)10-14(20)17-7-4-5-11(6-8-17)9-12(15)18/h3,11H,1,4-10H2,2H3,(H2,15,18). The summed E-state index contributed by atoms with van der Waals surface area (Å²) in [5.41, 5.74) is 5.21. The Morgan fingerprint density at radius 2 is 2.05 bits per heavy atom. The highest BCUT2D eigenvalue weighted by molar-refractivity contribution is 5.90. The van der Waals surface area contributed by atoms with Gasteiger partial charge in [-0.05, 0) is 31.3 Å². The summed E-state index contributed by atoms with van der Waals surface area (Å²) in [6.45, 7) is 4.74. The van der Waals surface area contributed by atoms with Crippen LogP contribution in [0.4, 0.5) is 0 Å². The molecule has 1 rings (SSSR count). The van der Waals surface area contributed by atoms with Crippen LogP contribution in [-0.2, 0) is 14.4 Å². The van der Waals surface area contributed by atoms with Crippen molar-refractivity contribution in [3.05, 3.63) is 12.7 Å². The van der Waals surface area contributed by atoms with Crippen molar-refractivity contribution < 1.29 is 14.4 Å².